The van der Waals surface area contributed by atoms with Gasteiger partial charge in [0.1, 0.15) is 0 Å². The van der Waals surface area contributed by atoms with Crippen LogP contribution in [0.3, 0.4) is 0 Å². The highest BCUT2D eigenvalue weighted by atomic mass is 79.9. The Morgan fingerprint density at radius 2 is 1.90 bits per heavy atom. The molecule has 20 heavy (non-hydrogen) atoms. The van der Waals surface area contributed by atoms with E-state index in [4.69, 9.17) is 10.8 Å². The third-order valence-corrected chi connectivity index (χ3v) is 3.58. The molecular formula is C14H19BrN2O3. The summed E-state index contributed by atoms with van der Waals surface area (Å²) in [7, 11) is 0. The van der Waals surface area contributed by atoms with Crippen molar-refractivity contribution in [3.8, 4) is 0 Å². The second-order valence-electron chi connectivity index (χ2n) is 4.55. The summed E-state index contributed by atoms with van der Waals surface area (Å²) in [4.78, 5) is 22.1. The Morgan fingerprint density at radius 3 is 2.55 bits per heavy atom. The predicted octanol–water partition coefficient (Wildman–Crippen LogP) is 2.80. The molecule has 1 aromatic carbocycles. The monoisotopic (exact) mass is 342 g/mol. The van der Waals surface area contributed by atoms with E-state index >= 15 is 0 Å². The summed E-state index contributed by atoms with van der Waals surface area (Å²) in [6, 6.07) is 5.09. The number of anilines is 1. The van der Waals surface area contributed by atoms with Gasteiger partial charge < -0.3 is 16.2 Å². The van der Waals surface area contributed by atoms with Crippen LogP contribution in [0.5, 0.6) is 0 Å². The molecule has 0 unspecified atom stereocenters. The number of amides is 1. The molecule has 0 saturated heterocycles. The first-order valence-electron chi connectivity index (χ1n) is 6.55. The van der Waals surface area contributed by atoms with Gasteiger partial charge in [0.2, 0.25) is 0 Å². The summed E-state index contributed by atoms with van der Waals surface area (Å²) < 4.78 is 0.771. The number of carboxylic acids is 1. The lowest BCUT2D eigenvalue weighted by Gasteiger charge is -2.06. The average molecular weight is 343 g/mol. The molecule has 0 heterocycles. The van der Waals surface area contributed by atoms with Crippen molar-refractivity contribution >= 4 is 33.5 Å². The summed E-state index contributed by atoms with van der Waals surface area (Å²) in [6.07, 6.45) is 3.53. The molecule has 0 aliphatic rings. The molecule has 0 fully saturated rings. The Hall–Kier alpha value is -1.56. The fourth-order valence-electron chi connectivity index (χ4n) is 1.74. The molecule has 0 spiro atoms. The summed E-state index contributed by atoms with van der Waals surface area (Å²) in [6.45, 7) is 0.585. The molecule has 5 nitrogen and oxygen atoms in total. The van der Waals surface area contributed by atoms with Crippen molar-refractivity contribution < 1.29 is 14.7 Å². The lowest BCUT2D eigenvalue weighted by Crippen LogP contribution is -2.24. The largest absolute Gasteiger partial charge is 0.481 e. The van der Waals surface area contributed by atoms with Gasteiger partial charge in [-0.1, -0.05) is 12.8 Å². The number of carboxylic acid groups (broad SMARTS) is 1. The maximum atomic E-state index is 11.8. The minimum absolute atomic E-state index is 0.144. The number of hydrogen-bond acceptors (Lipinski definition) is 3. The van der Waals surface area contributed by atoms with Crippen LogP contribution in [-0.4, -0.2) is 23.5 Å². The number of nitrogens with one attached hydrogen (secondary N) is 1. The summed E-state index contributed by atoms with van der Waals surface area (Å²) >= 11 is 3.28. The van der Waals surface area contributed by atoms with Crippen LogP contribution in [0.15, 0.2) is 22.7 Å². The van der Waals surface area contributed by atoms with Crippen molar-refractivity contribution in [2.24, 2.45) is 0 Å². The number of carbonyl (C=O) groups is 2. The van der Waals surface area contributed by atoms with E-state index in [-0.39, 0.29) is 12.3 Å². The zero-order valence-electron chi connectivity index (χ0n) is 11.2. The number of nitrogen functional groups attached to an aromatic ring is 1. The van der Waals surface area contributed by atoms with Crippen molar-refractivity contribution in [3.05, 3.63) is 28.2 Å². The summed E-state index contributed by atoms with van der Waals surface area (Å²) in [5.74, 6) is -0.902. The van der Waals surface area contributed by atoms with Gasteiger partial charge in [-0.2, -0.15) is 0 Å². The predicted molar refractivity (Wildman–Crippen MR) is 81.6 cm³/mol. The summed E-state index contributed by atoms with van der Waals surface area (Å²) in [5.41, 5.74) is 6.79. The molecule has 1 rings (SSSR count). The van der Waals surface area contributed by atoms with Gasteiger partial charge in [0.25, 0.3) is 5.91 Å². The Balaban J connectivity index is 2.20. The van der Waals surface area contributed by atoms with Crippen LogP contribution in [0.1, 0.15) is 42.5 Å². The highest BCUT2D eigenvalue weighted by Crippen LogP contribution is 2.20. The van der Waals surface area contributed by atoms with Gasteiger partial charge in [0, 0.05) is 28.7 Å². The molecule has 4 N–H and O–H groups in total. The van der Waals surface area contributed by atoms with Crippen LogP contribution in [0.2, 0.25) is 0 Å². The van der Waals surface area contributed by atoms with Gasteiger partial charge in [-0.25, -0.2) is 0 Å². The maximum Gasteiger partial charge on any atom is 0.303 e. The van der Waals surface area contributed by atoms with E-state index in [2.05, 4.69) is 21.2 Å². The molecular weight excluding hydrogens is 324 g/mol. The SMILES string of the molecule is Nc1cc(C(=O)NCCCCCCC(=O)O)ccc1Br. The van der Waals surface area contributed by atoms with E-state index in [1.165, 1.54) is 0 Å². The van der Waals surface area contributed by atoms with Crippen LogP contribution in [0.25, 0.3) is 0 Å². The normalized spacial score (nSPS) is 10.2. The van der Waals surface area contributed by atoms with E-state index in [0.29, 0.717) is 24.2 Å². The van der Waals surface area contributed by atoms with E-state index in [1.54, 1.807) is 18.2 Å². The minimum Gasteiger partial charge on any atom is -0.481 e. The smallest absolute Gasteiger partial charge is 0.303 e. The molecule has 0 saturated carbocycles. The van der Waals surface area contributed by atoms with Crippen molar-refractivity contribution in [3.63, 3.8) is 0 Å². The third kappa shape index (κ3) is 6.06. The van der Waals surface area contributed by atoms with Crippen LogP contribution in [0, 0.1) is 0 Å². The minimum atomic E-state index is -0.758. The Bertz CT molecular complexity index is 477. The topological polar surface area (TPSA) is 92.4 Å². The van der Waals surface area contributed by atoms with Crippen LogP contribution < -0.4 is 11.1 Å². The number of benzene rings is 1. The lowest BCUT2D eigenvalue weighted by molar-refractivity contribution is -0.137. The number of unbranched alkanes of at least 4 members (excludes halogenated alkanes) is 3. The molecule has 6 heteroatoms. The van der Waals surface area contributed by atoms with E-state index in [9.17, 15) is 9.59 Å². The molecule has 0 bridgehead atoms. The standard InChI is InChI=1S/C14H19BrN2O3/c15-11-7-6-10(9-12(11)16)14(20)17-8-4-2-1-3-5-13(18)19/h6-7,9H,1-5,8,16H2,(H,17,20)(H,18,19). The van der Waals surface area contributed by atoms with E-state index < -0.39 is 5.97 Å². The van der Waals surface area contributed by atoms with Crippen LogP contribution in [0.4, 0.5) is 5.69 Å². The van der Waals surface area contributed by atoms with Gasteiger partial charge in [-0.15, -0.1) is 0 Å². The van der Waals surface area contributed by atoms with Gasteiger partial charge in [-0.05, 0) is 47.0 Å². The molecule has 0 aliphatic heterocycles. The molecule has 0 aromatic heterocycles. The number of nitrogens with two attached hydrogens (primary N) is 1. The van der Waals surface area contributed by atoms with Crippen molar-refractivity contribution in [1.29, 1.82) is 0 Å². The number of aliphatic carboxylic acids is 1. The number of carbonyl (C=O) groups excluding carboxylic acids is 1. The fraction of sp³-hybridized carbons (Fsp3) is 0.429. The fourth-order valence-corrected chi connectivity index (χ4v) is 1.99. The molecule has 0 aliphatic carbocycles. The third-order valence-electron chi connectivity index (χ3n) is 2.86. The molecule has 0 radical (unpaired) electrons. The van der Waals surface area contributed by atoms with E-state index in [0.717, 1.165) is 23.7 Å². The Kier molecular flexibility index (Phi) is 7.08. The maximum absolute atomic E-state index is 11.8. The lowest BCUT2D eigenvalue weighted by atomic mass is 10.1. The quantitative estimate of drug-likeness (QED) is 0.500. The Labute approximate surface area is 126 Å². The second kappa shape index (κ2) is 8.58. The number of rotatable bonds is 8. The van der Waals surface area contributed by atoms with Crippen LogP contribution in [-0.2, 0) is 4.79 Å². The van der Waals surface area contributed by atoms with Crippen molar-refractivity contribution in [1.82, 2.24) is 5.32 Å². The molecule has 1 amide bonds. The van der Waals surface area contributed by atoms with Gasteiger partial charge in [0.15, 0.2) is 0 Å². The zero-order valence-corrected chi connectivity index (χ0v) is 12.8. The Morgan fingerprint density at radius 1 is 1.20 bits per heavy atom. The first kappa shape index (κ1) is 16.5. The second-order valence-corrected chi connectivity index (χ2v) is 5.40. The highest BCUT2D eigenvalue weighted by molar-refractivity contribution is 9.10. The van der Waals surface area contributed by atoms with Crippen molar-refractivity contribution in [2.75, 3.05) is 12.3 Å². The molecule has 0 atom stereocenters. The molecule has 1 aromatic rings. The van der Waals surface area contributed by atoms with E-state index in [1.807, 2.05) is 0 Å². The average Bonchev–Trinajstić information content (AvgIpc) is 2.40. The van der Waals surface area contributed by atoms with Crippen molar-refractivity contribution in [2.45, 2.75) is 32.1 Å². The van der Waals surface area contributed by atoms with Gasteiger partial charge in [0.05, 0.1) is 0 Å². The molecule has 110 valence electrons. The first-order valence-corrected chi connectivity index (χ1v) is 7.35. The number of halogens is 1. The first-order chi connectivity index (χ1) is 9.50. The summed E-state index contributed by atoms with van der Waals surface area (Å²) in [5, 5.41) is 11.3. The van der Waals surface area contributed by atoms with Gasteiger partial charge >= 0.3 is 5.97 Å². The van der Waals surface area contributed by atoms with Gasteiger partial charge in [-0.3, -0.25) is 9.59 Å². The highest BCUT2D eigenvalue weighted by Gasteiger charge is 2.06. The van der Waals surface area contributed by atoms with Crippen LogP contribution >= 0.6 is 15.9 Å². The number of hydrogen-bond donors (Lipinski definition) is 3. The zero-order chi connectivity index (χ0) is 15.0.